The van der Waals surface area contributed by atoms with Crippen LogP contribution in [0.1, 0.15) is 24.8 Å². The van der Waals surface area contributed by atoms with Crippen molar-refractivity contribution in [3.05, 3.63) is 35.6 Å². The van der Waals surface area contributed by atoms with Gasteiger partial charge in [-0.1, -0.05) is 12.1 Å². The third-order valence-electron chi connectivity index (χ3n) is 4.84. The van der Waals surface area contributed by atoms with Gasteiger partial charge in [0.05, 0.1) is 13.0 Å². The number of benzene rings is 1. The van der Waals surface area contributed by atoms with Crippen LogP contribution in [0.2, 0.25) is 0 Å². The van der Waals surface area contributed by atoms with Crippen molar-refractivity contribution in [3.63, 3.8) is 0 Å². The number of ether oxygens (including phenoxy) is 1. The second-order valence-electron chi connectivity index (χ2n) is 5.92. The predicted molar refractivity (Wildman–Crippen MR) is 73.4 cm³/mol. The van der Waals surface area contributed by atoms with E-state index in [1.807, 2.05) is 0 Å². The van der Waals surface area contributed by atoms with Crippen LogP contribution in [0.25, 0.3) is 0 Å². The number of halogens is 1. The van der Waals surface area contributed by atoms with E-state index in [9.17, 15) is 9.18 Å². The van der Waals surface area contributed by atoms with E-state index in [2.05, 4.69) is 5.32 Å². The number of hydrogen-bond acceptors (Lipinski definition) is 3. The lowest BCUT2D eigenvalue weighted by atomic mass is 9.84. The lowest BCUT2D eigenvalue weighted by Gasteiger charge is -2.30. The Morgan fingerprint density at radius 2 is 2.00 bits per heavy atom. The van der Waals surface area contributed by atoms with Gasteiger partial charge in [0.1, 0.15) is 5.82 Å². The van der Waals surface area contributed by atoms with Crippen LogP contribution in [-0.2, 0) is 16.1 Å². The molecule has 3 nitrogen and oxygen atoms in total. The number of nitrogens with one attached hydrogen (secondary N) is 1. The Balaban J connectivity index is 1.66. The van der Waals surface area contributed by atoms with Crippen molar-refractivity contribution in [3.8, 4) is 0 Å². The van der Waals surface area contributed by atoms with Gasteiger partial charge < -0.3 is 10.1 Å². The lowest BCUT2D eigenvalue weighted by Crippen LogP contribution is -2.44. The fraction of sp³-hybridized carbons (Fsp3) is 0.562. The van der Waals surface area contributed by atoms with E-state index in [4.69, 9.17) is 4.74 Å². The molecule has 0 radical (unpaired) electrons. The first kappa shape index (κ1) is 13.6. The molecule has 2 fully saturated rings. The molecule has 4 atom stereocenters. The first-order valence-electron chi connectivity index (χ1n) is 7.24. The monoisotopic (exact) mass is 277 g/mol. The summed E-state index contributed by atoms with van der Waals surface area (Å²) < 4.78 is 17.8. The van der Waals surface area contributed by atoms with Gasteiger partial charge in [-0.25, -0.2) is 4.39 Å². The Morgan fingerprint density at radius 3 is 2.70 bits per heavy atom. The van der Waals surface area contributed by atoms with Crippen molar-refractivity contribution in [1.82, 2.24) is 5.32 Å². The largest absolute Gasteiger partial charge is 0.469 e. The van der Waals surface area contributed by atoms with Gasteiger partial charge in [-0.15, -0.1) is 0 Å². The number of carbonyl (C=O) groups is 1. The van der Waals surface area contributed by atoms with Crippen molar-refractivity contribution in [2.24, 2.45) is 17.8 Å². The molecule has 0 aliphatic heterocycles. The van der Waals surface area contributed by atoms with Gasteiger partial charge in [-0.2, -0.15) is 0 Å². The summed E-state index contributed by atoms with van der Waals surface area (Å²) in [5.41, 5.74) is 1.04. The normalized spacial score (nSPS) is 31.5. The van der Waals surface area contributed by atoms with Crippen molar-refractivity contribution in [2.75, 3.05) is 7.11 Å². The molecule has 4 heteroatoms. The first-order chi connectivity index (χ1) is 9.69. The van der Waals surface area contributed by atoms with E-state index in [0.29, 0.717) is 18.4 Å². The maximum atomic E-state index is 12.9. The van der Waals surface area contributed by atoms with E-state index in [0.717, 1.165) is 18.4 Å². The second kappa shape index (κ2) is 5.52. The highest BCUT2D eigenvalue weighted by Crippen LogP contribution is 2.48. The molecule has 1 aromatic rings. The van der Waals surface area contributed by atoms with Gasteiger partial charge in [-0.05, 0) is 48.8 Å². The molecule has 0 saturated heterocycles. The summed E-state index contributed by atoms with van der Waals surface area (Å²) in [7, 11) is 1.46. The summed E-state index contributed by atoms with van der Waals surface area (Å²) in [4.78, 5) is 12.0. The maximum absolute atomic E-state index is 12.9. The number of fused-ring (bicyclic) bond motifs is 2. The Bertz CT molecular complexity index is 488. The second-order valence-corrected chi connectivity index (χ2v) is 5.92. The topological polar surface area (TPSA) is 38.3 Å². The number of esters is 1. The summed E-state index contributed by atoms with van der Waals surface area (Å²) in [5.74, 6) is 0.719. The smallest absolute Gasteiger partial charge is 0.310 e. The highest BCUT2D eigenvalue weighted by atomic mass is 19.1. The Kier molecular flexibility index (Phi) is 3.74. The molecule has 20 heavy (non-hydrogen) atoms. The van der Waals surface area contributed by atoms with Crippen LogP contribution in [0.4, 0.5) is 4.39 Å². The number of methoxy groups -OCH3 is 1. The van der Waals surface area contributed by atoms with Crippen LogP contribution >= 0.6 is 0 Å². The van der Waals surface area contributed by atoms with Gasteiger partial charge in [0.2, 0.25) is 0 Å². The first-order valence-corrected chi connectivity index (χ1v) is 7.24. The van der Waals surface area contributed by atoms with E-state index >= 15 is 0 Å². The van der Waals surface area contributed by atoms with Crippen molar-refractivity contribution < 1.29 is 13.9 Å². The van der Waals surface area contributed by atoms with E-state index in [1.165, 1.54) is 25.7 Å². The van der Waals surface area contributed by atoms with E-state index in [1.54, 1.807) is 12.1 Å². The fourth-order valence-electron chi connectivity index (χ4n) is 3.90. The maximum Gasteiger partial charge on any atom is 0.310 e. The lowest BCUT2D eigenvalue weighted by molar-refractivity contribution is -0.148. The highest BCUT2D eigenvalue weighted by molar-refractivity contribution is 5.74. The molecule has 0 heterocycles. The molecule has 2 aliphatic rings. The van der Waals surface area contributed by atoms with Gasteiger partial charge in [-0.3, -0.25) is 4.79 Å². The minimum Gasteiger partial charge on any atom is -0.469 e. The predicted octanol–water partition coefficient (Wildman–Crippen LogP) is 2.50. The molecular weight excluding hydrogens is 257 g/mol. The van der Waals surface area contributed by atoms with Crippen molar-refractivity contribution >= 4 is 5.97 Å². The summed E-state index contributed by atoms with van der Waals surface area (Å²) in [6, 6.07) is 6.70. The molecule has 2 bridgehead atoms. The fourth-order valence-corrected chi connectivity index (χ4v) is 3.90. The third kappa shape index (κ3) is 2.44. The average Bonchev–Trinajstić information content (AvgIpc) is 3.06. The van der Waals surface area contributed by atoms with Crippen LogP contribution in [0.5, 0.6) is 0 Å². The van der Waals surface area contributed by atoms with Crippen molar-refractivity contribution in [1.29, 1.82) is 0 Å². The van der Waals surface area contributed by atoms with Gasteiger partial charge >= 0.3 is 5.97 Å². The van der Waals surface area contributed by atoms with Crippen LogP contribution < -0.4 is 5.32 Å². The van der Waals surface area contributed by atoms with Gasteiger partial charge in [0.15, 0.2) is 0 Å². The molecule has 108 valence electrons. The minimum absolute atomic E-state index is 0.0146. The van der Waals surface area contributed by atoms with E-state index < -0.39 is 0 Å². The molecular formula is C16H20FNO2. The van der Waals surface area contributed by atoms with Gasteiger partial charge in [0.25, 0.3) is 0 Å². The zero-order valence-corrected chi connectivity index (χ0v) is 11.6. The van der Waals surface area contributed by atoms with Crippen LogP contribution in [-0.4, -0.2) is 19.1 Å². The molecule has 2 aliphatic carbocycles. The molecule has 1 N–H and O–H groups in total. The molecule has 0 amide bonds. The summed E-state index contributed by atoms with van der Waals surface area (Å²) in [6.07, 6.45) is 3.46. The summed E-state index contributed by atoms with van der Waals surface area (Å²) >= 11 is 0. The van der Waals surface area contributed by atoms with Crippen LogP contribution in [0, 0.1) is 23.6 Å². The van der Waals surface area contributed by atoms with Crippen molar-refractivity contribution in [2.45, 2.75) is 31.8 Å². The zero-order valence-electron chi connectivity index (χ0n) is 11.6. The standard InChI is InChI=1S/C16H20FNO2/c1-20-16(19)14-11-4-5-12(8-11)15(14)18-9-10-2-6-13(17)7-3-10/h2-3,6-7,11-12,14-15,18H,4-5,8-9H2,1H3/t11-,12+,14?,15?/m0/s1. The Morgan fingerprint density at radius 1 is 1.30 bits per heavy atom. The number of rotatable bonds is 4. The van der Waals surface area contributed by atoms with E-state index in [-0.39, 0.29) is 23.7 Å². The molecule has 2 unspecified atom stereocenters. The third-order valence-corrected chi connectivity index (χ3v) is 4.84. The molecule has 0 spiro atoms. The highest BCUT2D eigenvalue weighted by Gasteiger charge is 2.51. The molecule has 1 aromatic carbocycles. The SMILES string of the molecule is COC(=O)C1C(NCc2ccc(F)cc2)[C@@H]2CC[C@H]1C2. The number of hydrogen-bond donors (Lipinski definition) is 1. The minimum atomic E-state index is -0.221. The van der Waals surface area contributed by atoms with Crippen LogP contribution in [0.15, 0.2) is 24.3 Å². The van der Waals surface area contributed by atoms with Crippen LogP contribution in [0.3, 0.4) is 0 Å². The summed E-state index contributed by atoms with van der Waals surface area (Å²) in [6.45, 7) is 0.668. The average molecular weight is 277 g/mol. The summed E-state index contributed by atoms with van der Waals surface area (Å²) in [5, 5.41) is 3.49. The molecule has 3 rings (SSSR count). The molecule has 2 saturated carbocycles. The quantitative estimate of drug-likeness (QED) is 0.859. The Labute approximate surface area is 118 Å². The molecule has 0 aromatic heterocycles. The van der Waals surface area contributed by atoms with Gasteiger partial charge in [0, 0.05) is 12.6 Å². The Hall–Kier alpha value is -1.42. The zero-order chi connectivity index (χ0) is 14.1. The number of carbonyl (C=O) groups excluding carboxylic acids is 1.